The van der Waals surface area contributed by atoms with Gasteiger partial charge in [-0.25, -0.2) is 4.79 Å². The molecule has 0 aromatic carbocycles. The Balaban J connectivity index is 5.26. The van der Waals surface area contributed by atoms with Gasteiger partial charge in [-0.2, -0.15) is 22.0 Å². The molecule has 6 nitrogen and oxygen atoms in total. The maximum absolute atomic E-state index is 12.8. The summed E-state index contributed by atoms with van der Waals surface area (Å²) in [6, 6.07) is 0. The van der Waals surface area contributed by atoms with Crippen LogP contribution in [0.4, 0.5) is 22.0 Å². The van der Waals surface area contributed by atoms with E-state index >= 15 is 0 Å². The Labute approximate surface area is 115 Å². The van der Waals surface area contributed by atoms with Gasteiger partial charge in [0.25, 0.3) is 0 Å². The maximum Gasteiger partial charge on any atom is 0.459 e. The fraction of sp³-hybridized carbons (Fsp3) is 0.600. The standard InChI is InChI=1S/C10H12F5NO5/c1-2-21-7(18)6(16-5-17)3-4-8(19,20)9(11,12)10(13,14)15/h3,5,19-20H,2,4H2,1H3,(H,16,17)/b6-3-. The highest BCUT2D eigenvalue weighted by molar-refractivity contribution is 5.90. The molecule has 0 saturated carbocycles. The van der Waals surface area contributed by atoms with Crippen molar-refractivity contribution in [3.63, 3.8) is 0 Å². The van der Waals surface area contributed by atoms with Crippen molar-refractivity contribution in [1.82, 2.24) is 5.32 Å². The smallest absolute Gasteiger partial charge is 0.459 e. The lowest BCUT2D eigenvalue weighted by atomic mass is 10.0. The summed E-state index contributed by atoms with van der Waals surface area (Å²) in [5.74, 6) is -11.6. The molecule has 21 heavy (non-hydrogen) atoms. The fourth-order valence-corrected chi connectivity index (χ4v) is 1.07. The number of nitrogens with one attached hydrogen (secondary N) is 1. The van der Waals surface area contributed by atoms with E-state index in [1.54, 1.807) is 5.32 Å². The van der Waals surface area contributed by atoms with E-state index in [9.17, 15) is 31.5 Å². The number of aliphatic hydroxyl groups is 2. The van der Waals surface area contributed by atoms with Gasteiger partial charge in [0.05, 0.1) is 6.61 Å². The predicted molar refractivity (Wildman–Crippen MR) is 56.7 cm³/mol. The third-order valence-electron chi connectivity index (χ3n) is 2.16. The van der Waals surface area contributed by atoms with E-state index in [0.717, 1.165) is 0 Å². The van der Waals surface area contributed by atoms with Crippen molar-refractivity contribution in [2.75, 3.05) is 6.61 Å². The normalized spacial score (nSPS) is 13.8. The molecule has 11 heteroatoms. The highest BCUT2D eigenvalue weighted by Gasteiger charge is 2.69. The lowest BCUT2D eigenvalue weighted by molar-refractivity contribution is -0.393. The molecule has 122 valence electrons. The minimum Gasteiger partial charge on any atom is -0.461 e. The van der Waals surface area contributed by atoms with Gasteiger partial charge in [-0.15, -0.1) is 0 Å². The first kappa shape index (κ1) is 19.2. The average molecular weight is 321 g/mol. The monoisotopic (exact) mass is 321 g/mol. The van der Waals surface area contributed by atoms with E-state index in [2.05, 4.69) is 4.74 Å². The molecule has 0 aliphatic carbocycles. The number of rotatable bonds is 7. The summed E-state index contributed by atoms with van der Waals surface area (Å²) >= 11 is 0. The van der Waals surface area contributed by atoms with E-state index in [4.69, 9.17) is 10.2 Å². The highest BCUT2D eigenvalue weighted by Crippen LogP contribution is 2.43. The number of alkyl halides is 5. The summed E-state index contributed by atoms with van der Waals surface area (Å²) in [6.07, 6.45) is -7.69. The van der Waals surface area contributed by atoms with Gasteiger partial charge < -0.3 is 20.3 Å². The first-order valence-electron chi connectivity index (χ1n) is 5.37. The Morgan fingerprint density at radius 2 is 1.76 bits per heavy atom. The second-order valence-electron chi connectivity index (χ2n) is 3.69. The van der Waals surface area contributed by atoms with Crippen molar-refractivity contribution in [1.29, 1.82) is 0 Å². The number of esters is 1. The molecule has 0 heterocycles. The van der Waals surface area contributed by atoms with Crippen molar-refractivity contribution in [2.45, 2.75) is 31.2 Å². The fourth-order valence-electron chi connectivity index (χ4n) is 1.07. The zero-order valence-corrected chi connectivity index (χ0v) is 10.6. The van der Waals surface area contributed by atoms with Crippen molar-refractivity contribution in [2.24, 2.45) is 0 Å². The van der Waals surface area contributed by atoms with Crippen LogP contribution in [-0.2, 0) is 14.3 Å². The van der Waals surface area contributed by atoms with Crippen LogP contribution in [0.1, 0.15) is 13.3 Å². The molecule has 0 aliphatic rings. The second kappa shape index (κ2) is 6.80. The van der Waals surface area contributed by atoms with Crippen LogP contribution in [0.15, 0.2) is 11.8 Å². The third-order valence-corrected chi connectivity index (χ3v) is 2.16. The molecule has 0 aliphatic heterocycles. The van der Waals surface area contributed by atoms with Gasteiger partial charge in [-0.3, -0.25) is 4.79 Å². The molecule has 1 amide bonds. The Hall–Kier alpha value is -1.75. The Morgan fingerprint density at radius 3 is 2.14 bits per heavy atom. The molecule has 0 aromatic rings. The Morgan fingerprint density at radius 1 is 1.24 bits per heavy atom. The van der Waals surface area contributed by atoms with Crippen LogP contribution in [0.2, 0.25) is 0 Å². The lowest BCUT2D eigenvalue weighted by Gasteiger charge is -2.31. The number of hydrogen-bond donors (Lipinski definition) is 3. The van der Waals surface area contributed by atoms with Gasteiger partial charge in [-0.05, 0) is 13.0 Å². The minimum absolute atomic E-state index is 0.0684. The van der Waals surface area contributed by atoms with Gasteiger partial charge in [0.2, 0.25) is 12.2 Å². The molecule has 0 aromatic heterocycles. The molecule has 0 fully saturated rings. The number of halogens is 5. The molecule has 3 N–H and O–H groups in total. The summed E-state index contributed by atoms with van der Waals surface area (Å²) in [6.45, 7) is 1.20. The summed E-state index contributed by atoms with van der Waals surface area (Å²) in [7, 11) is 0. The molecular formula is C10H12F5NO5. The van der Waals surface area contributed by atoms with Crippen LogP contribution in [0.5, 0.6) is 0 Å². The number of hydrogen-bond acceptors (Lipinski definition) is 5. The number of carbonyl (C=O) groups is 2. The molecule has 0 saturated heterocycles. The van der Waals surface area contributed by atoms with Crippen molar-refractivity contribution in [3.8, 4) is 0 Å². The summed E-state index contributed by atoms with van der Waals surface area (Å²) in [5, 5.41) is 19.4. The zero-order valence-electron chi connectivity index (χ0n) is 10.6. The average Bonchev–Trinajstić information content (AvgIpc) is 2.33. The van der Waals surface area contributed by atoms with E-state index in [0.29, 0.717) is 0 Å². The van der Waals surface area contributed by atoms with Crippen molar-refractivity contribution >= 4 is 12.4 Å². The predicted octanol–water partition coefficient (Wildman–Crippen LogP) is 0.448. The molecule has 0 radical (unpaired) electrons. The van der Waals surface area contributed by atoms with Crippen molar-refractivity contribution in [3.05, 3.63) is 11.8 Å². The SMILES string of the molecule is CCOC(=O)/C(=C/CC(O)(O)C(F)(F)C(F)(F)F)NC=O. The van der Waals surface area contributed by atoms with Crippen LogP contribution < -0.4 is 5.32 Å². The Bertz CT molecular complexity index is 419. The summed E-state index contributed by atoms with van der Waals surface area (Å²) < 4.78 is 66.1. The van der Waals surface area contributed by atoms with Crippen LogP contribution in [0.3, 0.4) is 0 Å². The largest absolute Gasteiger partial charge is 0.461 e. The highest BCUT2D eigenvalue weighted by atomic mass is 19.4. The minimum atomic E-state index is -6.22. The molecule has 0 spiro atoms. The topological polar surface area (TPSA) is 95.9 Å². The summed E-state index contributed by atoms with van der Waals surface area (Å²) in [5.41, 5.74) is -0.808. The summed E-state index contributed by atoms with van der Waals surface area (Å²) in [4.78, 5) is 21.4. The van der Waals surface area contributed by atoms with Crippen LogP contribution in [0.25, 0.3) is 0 Å². The molecular weight excluding hydrogens is 309 g/mol. The first-order chi connectivity index (χ1) is 9.40. The second-order valence-corrected chi connectivity index (χ2v) is 3.69. The molecule has 0 bridgehead atoms. The van der Waals surface area contributed by atoms with Crippen LogP contribution in [0, 0.1) is 0 Å². The van der Waals surface area contributed by atoms with Crippen LogP contribution in [-0.4, -0.2) is 47.1 Å². The van der Waals surface area contributed by atoms with Gasteiger partial charge in [-0.1, -0.05) is 0 Å². The van der Waals surface area contributed by atoms with Crippen molar-refractivity contribution < 1.29 is 46.5 Å². The number of carbonyl (C=O) groups excluding carboxylic acids is 2. The zero-order chi connectivity index (χ0) is 16.9. The van der Waals surface area contributed by atoms with E-state index in [1.807, 2.05) is 0 Å². The van der Waals surface area contributed by atoms with Gasteiger partial charge >= 0.3 is 18.1 Å². The van der Waals surface area contributed by atoms with Crippen LogP contribution >= 0.6 is 0 Å². The van der Waals surface area contributed by atoms with E-state index in [1.165, 1.54) is 6.92 Å². The molecule has 0 rings (SSSR count). The number of ether oxygens (including phenoxy) is 1. The third kappa shape index (κ3) is 4.63. The maximum atomic E-state index is 12.8. The Kier molecular flexibility index (Phi) is 6.24. The van der Waals surface area contributed by atoms with E-state index in [-0.39, 0.29) is 19.1 Å². The lowest BCUT2D eigenvalue weighted by Crippen LogP contribution is -2.57. The van der Waals surface area contributed by atoms with Gasteiger partial charge in [0.15, 0.2) is 0 Å². The molecule has 0 unspecified atom stereocenters. The molecule has 0 atom stereocenters. The first-order valence-corrected chi connectivity index (χ1v) is 5.37. The quantitative estimate of drug-likeness (QED) is 0.208. The van der Waals surface area contributed by atoms with Gasteiger partial charge in [0.1, 0.15) is 5.70 Å². The van der Waals surface area contributed by atoms with E-state index < -0.39 is 36.0 Å². The van der Waals surface area contributed by atoms with Gasteiger partial charge in [0, 0.05) is 6.42 Å². The number of amides is 1.